The topological polar surface area (TPSA) is 38.0 Å². The maximum Gasteiger partial charge on any atom is 0.0280 e. The molecule has 0 heterocycles. The van der Waals surface area contributed by atoms with Crippen molar-refractivity contribution in [1.82, 2.24) is 5.32 Å². The summed E-state index contributed by atoms with van der Waals surface area (Å²) in [6.07, 6.45) is 9.01. The molecule has 2 nitrogen and oxygen atoms in total. The third-order valence-electron chi connectivity index (χ3n) is 3.91. The minimum Gasteiger partial charge on any atom is -0.324 e. The molecule has 0 amide bonds. The minimum atomic E-state index is 0.101. The number of rotatable bonds is 6. The van der Waals surface area contributed by atoms with E-state index in [0.29, 0.717) is 0 Å². The van der Waals surface area contributed by atoms with Gasteiger partial charge in [-0.1, -0.05) is 46.0 Å². The predicted molar refractivity (Wildman–Crippen MR) is 66.9 cm³/mol. The lowest BCUT2D eigenvalue weighted by Crippen LogP contribution is -2.50. The van der Waals surface area contributed by atoms with Crippen LogP contribution in [-0.4, -0.2) is 18.6 Å². The maximum absolute atomic E-state index is 6.37. The molecule has 0 unspecified atom stereocenters. The monoisotopic (exact) mass is 212 g/mol. The van der Waals surface area contributed by atoms with Crippen LogP contribution in [0, 0.1) is 5.92 Å². The van der Waals surface area contributed by atoms with Crippen LogP contribution in [0.25, 0.3) is 0 Å². The number of hydrogen-bond donors (Lipinski definition) is 2. The summed E-state index contributed by atoms with van der Waals surface area (Å²) in [4.78, 5) is 0. The number of hydrogen-bond acceptors (Lipinski definition) is 2. The van der Waals surface area contributed by atoms with E-state index in [-0.39, 0.29) is 5.54 Å². The second-order valence-corrected chi connectivity index (χ2v) is 5.24. The Hall–Kier alpha value is -0.0800. The Morgan fingerprint density at radius 3 is 2.27 bits per heavy atom. The van der Waals surface area contributed by atoms with Gasteiger partial charge >= 0.3 is 0 Å². The Balaban J connectivity index is 2.17. The SMILES string of the molecule is CCC(CC)CNCC1(N)CCCCC1. The van der Waals surface area contributed by atoms with E-state index >= 15 is 0 Å². The molecule has 0 saturated heterocycles. The summed E-state index contributed by atoms with van der Waals surface area (Å²) in [5.41, 5.74) is 6.47. The van der Waals surface area contributed by atoms with Gasteiger partial charge in [0.1, 0.15) is 0 Å². The Kier molecular flexibility index (Phi) is 5.62. The standard InChI is InChI=1S/C13H28N2/c1-3-12(4-2)10-15-11-13(14)8-6-5-7-9-13/h12,15H,3-11,14H2,1-2H3. The third kappa shape index (κ3) is 4.52. The highest BCUT2D eigenvalue weighted by Gasteiger charge is 2.26. The molecule has 0 radical (unpaired) electrons. The molecule has 0 atom stereocenters. The fraction of sp³-hybridized carbons (Fsp3) is 1.00. The van der Waals surface area contributed by atoms with E-state index < -0.39 is 0 Å². The zero-order valence-electron chi connectivity index (χ0n) is 10.5. The lowest BCUT2D eigenvalue weighted by molar-refractivity contribution is 0.276. The van der Waals surface area contributed by atoms with E-state index in [9.17, 15) is 0 Å². The molecule has 3 N–H and O–H groups in total. The van der Waals surface area contributed by atoms with E-state index in [1.165, 1.54) is 44.9 Å². The van der Waals surface area contributed by atoms with Gasteiger partial charge in [0.05, 0.1) is 0 Å². The zero-order chi connectivity index (χ0) is 11.1. The quantitative estimate of drug-likeness (QED) is 0.710. The highest BCUT2D eigenvalue weighted by molar-refractivity contribution is 4.89. The van der Waals surface area contributed by atoms with E-state index in [2.05, 4.69) is 19.2 Å². The molecule has 1 aliphatic carbocycles. The van der Waals surface area contributed by atoms with Crippen LogP contribution in [0.15, 0.2) is 0 Å². The Bertz CT molecular complexity index is 158. The summed E-state index contributed by atoms with van der Waals surface area (Å²) in [6, 6.07) is 0. The summed E-state index contributed by atoms with van der Waals surface area (Å²) >= 11 is 0. The fourth-order valence-electron chi connectivity index (χ4n) is 2.54. The summed E-state index contributed by atoms with van der Waals surface area (Å²) in [5, 5.41) is 3.57. The van der Waals surface area contributed by atoms with Gasteiger partial charge in [0.25, 0.3) is 0 Å². The van der Waals surface area contributed by atoms with E-state index in [1.54, 1.807) is 0 Å². The van der Waals surface area contributed by atoms with Crippen molar-refractivity contribution in [3.8, 4) is 0 Å². The smallest absolute Gasteiger partial charge is 0.0280 e. The zero-order valence-corrected chi connectivity index (χ0v) is 10.5. The molecule has 15 heavy (non-hydrogen) atoms. The van der Waals surface area contributed by atoms with Gasteiger partial charge in [-0.2, -0.15) is 0 Å². The molecule has 1 aliphatic rings. The van der Waals surface area contributed by atoms with E-state index in [4.69, 9.17) is 5.73 Å². The molecular formula is C13H28N2. The van der Waals surface area contributed by atoms with Crippen LogP contribution >= 0.6 is 0 Å². The van der Waals surface area contributed by atoms with Crippen LogP contribution < -0.4 is 11.1 Å². The van der Waals surface area contributed by atoms with Gasteiger partial charge in [-0.3, -0.25) is 0 Å². The van der Waals surface area contributed by atoms with E-state index in [0.717, 1.165) is 19.0 Å². The molecular weight excluding hydrogens is 184 g/mol. The second kappa shape index (κ2) is 6.49. The maximum atomic E-state index is 6.37. The van der Waals surface area contributed by atoms with Crippen molar-refractivity contribution in [3.05, 3.63) is 0 Å². The van der Waals surface area contributed by atoms with Gasteiger partial charge in [0.2, 0.25) is 0 Å². The normalized spacial score (nSPS) is 20.8. The molecule has 1 rings (SSSR count). The van der Waals surface area contributed by atoms with Crippen LogP contribution in [-0.2, 0) is 0 Å². The molecule has 0 spiro atoms. The Labute approximate surface area is 95.0 Å². The van der Waals surface area contributed by atoms with Crippen molar-refractivity contribution in [2.75, 3.05) is 13.1 Å². The molecule has 0 aliphatic heterocycles. The van der Waals surface area contributed by atoms with Crippen molar-refractivity contribution >= 4 is 0 Å². The van der Waals surface area contributed by atoms with Crippen LogP contribution in [0.3, 0.4) is 0 Å². The van der Waals surface area contributed by atoms with Crippen LogP contribution in [0.4, 0.5) is 0 Å². The largest absolute Gasteiger partial charge is 0.324 e. The first-order chi connectivity index (χ1) is 7.20. The summed E-state index contributed by atoms with van der Waals surface area (Å²) in [6.45, 7) is 6.71. The van der Waals surface area contributed by atoms with Crippen molar-refractivity contribution in [3.63, 3.8) is 0 Å². The molecule has 0 aromatic rings. The molecule has 90 valence electrons. The van der Waals surface area contributed by atoms with Crippen LogP contribution in [0.5, 0.6) is 0 Å². The molecule has 0 aromatic heterocycles. The molecule has 2 heteroatoms. The van der Waals surface area contributed by atoms with Gasteiger partial charge in [0, 0.05) is 12.1 Å². The highest BCUT2D eigenvalue weighted by Crippen LogP contribution is 2.25. The Morgan fingerprint density at radius 1 is 1.13 bits per heavy atom. The highest BCUT2D eigenvalue weighted by atomic mass is 14.9. The van der Waals surface area contributed by atoms with Gasteiger partial charge in [-0.05, 0) is 25.3 Å². The minimum absolute atomic E-state index is 0.101. The average Bonchev–Trinajstić information content (AvgIpc) is 2.25. The van der Waals surface area contributed by atoms with Crippen molar-refractivity contribution < 1.29 is 0 Å². The van der Waals surface area contributed by atoms with Crippen molar-refractivity contribution in [1.29, 1.82) is 0 Å². The first kappa shape index (κ1) is 13.0. The first-order valence-corrected chi connectivity index (χ1v) is 6.70. The number of nitrogens with one attached hydrogen (secondary N) is 1. The van der Waals surface area contributed by atoms with Crippen molar-refractivity contribution in [2.24, 2.45) is 11.7 Å². The summed E-state index contributed by atoms with van der Waals surface area (Å²) in [5.74, 6) is 0.831. The third-order valence-corrected chi connectivity index (χ3v) is 3.91. The van der Waals surface area contributed by atoms with Crippen molar-refractivity contribution in [2.45, 2.75) is 64.3 Å². The van der Waals surface area contributed by atoms with Gasteiger partial charge in [0.15, 0.2) is 0 Å². The lowest BCUT2D eigenvalue weighted by atomic mass is 9.82. The molecule has 0 bridgehead atoms. The van der Waals surface area contributed by atoms with Gasteiger partial charge in [-0.25, -0.2) is 0 Å². The second-order valence-electron chi connectivity index (χ2n) is 5.24. The van der Waals surface area contributed by atoms with Gasteiger partial charge in [-0.15, -0.1) is 0 Å². The molecule has 1 fully saturated rings. The lowest BCUT2D eigenvalue weighted by Gasteiger charge is -2.34. The Morgan fingerprint density at radius 2 is 1.73 bits per heavy atom. The average molecular weight is 212 g/mol. The van der Waals surface area contributed by atoms with E-state index in [1.807, 2.05) is 0 Å². The van der Waals surface area contributed by atoms with Crippen LogP contribution in [0.1, 0.15) is 58.8 Å². The number of nitrogens with two attached hydrogens (primary N) is 1. The first-order valence-electron chi connectivity index (χ1n) is 6.70. The summed E-state index contributed by atoms with van der Waals surface area (Å²) < 4.78 is 0. The molecule has 1 saturated carbocycles. The summed E-state index contributed by atoms with van der Waals surface area (Å²) in [7, 11) is 0. The molecule has 0 aromatic carbocycles. The predicted octanol–water partition coefficient (Wildman–Crippen LogP) is 2.67. The van der Waals surface area contributed by atoms with Gasteiger partial charge < -0.3 is 11.1 Å². The fourth-order valence-corrected chi connectivity index (χ4v) is 2.54. The van der Waals surface area contributed by atoms with Crippen LogP contribution in [0.2, 0.25) is 0 Å².